The van der Waals surface area contributed by atoms with Crippen molar-refractivity contribution in [3.63, 3.8) is 0 Å². The summed E-state index contributed by atoms with van der Waals surface area (Å²) < 4.78 is 21.0. The van der Waals surface area contributed by atoms with Gasteiger partial charge in [-0.2, -0.15) is 0 Å². The molecular weight excluding hydrogens is 562 g/mol. The number of nitrogens with zero attached hydrogens (tertiary/aromatic N) is 6. The van der Waals surface area contributed by atoms with Gasteiger partial charge in [0.15, 0.2) is 6.61 Å². The van der Waals surface area contributed by atoms with Crippen LogP contribution in [0.3, 0.4) is 0 Å². The number of carboxylic acids is 1. The summed E-state index contributed by atoms with van der Waals surface area (Å²) in [6.45, 7) is 5.17. The van der Waals surface area contributed by atoms with Gasteiger partial charge < -0.3 is 39.2 Å². The van der Waals surface area contributed by atoms with Crippen molar-refractivity contribution < 1.29 is 38.4 Å². The Bertz CT molecular complexity index is 1180. The van der Waals surface area contributed by atoms with Crippen LogP contribution in [0.2, 0.25) is 0 Å². The second-order valence-electron chi connectivity index (χ2n) is 9.27. The van der Waals surface area contributed by atoms with E-state index in [1.807, 2.05) is 9.80 Å². The topological polar surface area (TPSA) is 178 Å². The van der Waals surface area contributed by atoms with Crippen LogP contribution in [0.4, 0.5) is 11.9 Å². The minimum atomic E-state index is -1.06. The van der Waals surface area contributed by atoms with Crippen LogP contribution in [-0.2, 0) is 35.1 Å². The van der Waals surface area contributed by atoms with E-state index in [9.17, 15) is 14.4 Å². The van der Waals surface area contributed by atoms with Crippen LogP contribution in [0.1, 0.15) is 35.2 Å². The lowest BCUT2D eigenvalue weighted by Gasteiger charge is -2.34. The lowest BCUT2D eigenvalue weighted by atomic mass is 10.3. The van der Waals surface area contributed by atoms with Gasteiger partial charge in [0.05, 0.1) is 38.6 Å². The summed E-state index contributed by atoms with van der Waals surface area (Å²) in [5, 5.41) is 11.8. The van der Waals surface area contributed by atoms with Crippen molar-refractivity contribution in [1.29, 1.82) is 0 Å². The van der Waals surface area contributed by atoms with Crippen molar-refractivity contribution in [2.24, 2.45) is 0 Å². The number of esters is 1. The van der Waals surface area contributed by atoms with E-state index in [0.717, 1.165) is 5.56 Å². The molecule has 3 rings (SSSR count). The third kappa shape index (κ3) is 12.6. The normalized spacial score (nSPS) is 12.9. The SMILES string of the molecule is C#CCOC(=O)CCCOCCOCCOCCC(=O)NCc1cnc(N2CCN(c3ncc(C(=O)O)cn3)CC2)nc1. The molecule has 0 bridgehead atoms. The molecule has 0 aromatic carbocycles. The predicted octanol–water partition coefficient (Wildman–Crippen LogP) is 0.304. The van der Waals surface area contributed by atoms with E-state index >= 15 is 0 Å². The molecule has 1 fully saturated rings. The molecule has 15 nitrogen and oxygen atoms in total. The van der Waals surface area contributed by atoms with E-state index in [2.05, 4.69) is 31.2 Å². The summed E-state index contributed by atoms with van der Waals surface area (Å²) in [6, 6.07) is 0. The minimum Gasteiger partial charge on any atom is -0.478 e. The minimum absolute atomic E-state index is 0.0130. The first kappa shape index (κ1) is 33.1. The third-order valence-corrected chi connectivity index (χ3v) is 6.12. The van der Waals surface area contributed by atoms with Crippen LogP contribution in [0.15, 0.2) is 24.8 Å². The molecule has 1 amide bonds. The van der Waals surface area contributed by atoms with Gasteiger partial charge in [0.1, 0.15) is 0 Å². The number of hydrogen-bond acceptors (Lipinski definition) is 13. The second kappa shape index (κ2) is 18.9. The Labute approximate surface area is 249 Å². The number of ether oxygens (including phenoxy) is 4. The van der Waals surface area contributed by atoms with Gasteiger partial charge in [-0.25, -0.2) is 24.7 Å². The van der Waals surface area contributed by atoms with Crippen molar-refractivity contribution in [1.82, 2.24) is 25.3 Å². The second-order valence-corrected chi connectivity index (χ2v) is 9.27. The summed E-state index contributed by atoms with van der Waals surface area (Å²) in [5.41, 5.74) is 0.830. The number of carbonyl (C=O) groups is 3. The quantitative estimate of drug-likeness (QED) is 0.128. The van der Waals surface area contributed by atoms with Crippen LogP contribution in [-0.4, -0.2) is 115 Å². The van der Waals surface area contributed by atoms with Crippen LogP contribution in [0.25, 0.3) is 0 Å². The largest absolute Gasteiger partial charge is 0.478 e. The van der Waals surface area contributed by atoms with E-state index < -0.39 is 5.97 Å². The number of amides is 1. The van der Waals surface area contributed by atoms with Gasteiger partial charge in [0, 0.05) is 82.5 Å². The Hall–Kier alpha value is -4.39. The van der Waals surface area contributed by atoms with Crippen molar-refractivity contribution in [2.45, 2.75) is 25.8 Å². The summed E-state index contributed by atoms with van der Waals surface area (Å²) in [4.78, 5) is 55.5. The van der Waals surface area contributed by atoms with E-state index in [1.54, 1.807) is 12.4 Å². The molecule has 0 saturated carbocycles. The zero-order chi connectivity index (χ0) is 30.7. The molecule has 0 atom stereocenters. The predicted molar refractivity (Wildman–Crippen MR) is 153 cm³/mol. The summed E-state index contributed by atoms with van der Waals surface area (Å²) in [7, 11) is 0. The highest BCUT2D eigenvalue weighted by Gasteiger charge is 2.21. The smallest absolute Gasteiger partial charge is 0.338 e. The number of nitrogens with one attached hydrogen (secondary N) is 1. The number of rotatable bonds is 19. The molecule has 1 aliphatic heterocycles. The Morgan fingerprint density at radius 2 is 1.35 bits per heavy atom. The molecule has 15 heteroatoms. The maximum atomic E-state index is 12.1. The number of aromatic carboxylic acids is 1. The molecule has 2 aromatic heterocycles. The number of terminal acetylenes is 1. The fourth-order valence-corrected chi connectivity index (χ4v) is 3.81. The first-order valence-corrected chi connectivity index (χ1v) is 13.9. The number of anilines is 2. The summed E-state index contributed by atoms with van der Waals surface area (Å²) >= 11 is 0. The van der Waals surface area contributed by atoms with Crippen molar-refractivity contribution in [3.05, 3.63) is 35.9 Å². The Kier molecular flexibility index (Phi) is 14.6. The maximum Gasteiger partial charge on any atom is 0.338 e. The zero-order valence-corrected chi connectivity index (χ0v) is 24.0. The molecule has 0 radical (unpaired) electrons. The molecule has 1 saturated heterocycles. The van der Waals surface area contributed by atoms with Gasteiger partial charge in [0.25, 0.3) is 0 Å². The fraction of sp³-hybridized carbons (Fsp3) is 0.536. The first-order valence-electron chi connectivity index (χ1n) is 13.9. The molecule has 0 aliphatic carbocycles. The third-order valence-electron chi connectivity index (χ3n) is 6.12. The summed E-state index contributed by atoms with van der Waals surface area (Å²) in [6.07, 6.45) is 12.0. The van der Waals surface area contributed by atoms with Gasteiger partial charge in [-0.15, -0.1) is 6.42 Å². The van der Waals surface area contributed by atoms with E-state index in [4.69, 9.17) is 30.5 Å². The van der Waals surface area contributed by atoms with E-state index in [1.165, 1.54) is 12.4 Å². The number of piperazine rings is 1. The number of carbonyl (C=O) groups excluding carboxylic acids is 2. The lowest BCUT2D eigenvalue weighted by molar-refractivity contribution is -0.142. The van der Waals surface area contributed by atoms with Crippen LogP contribution >= 0.6 is 0 Å². The highest BCUT2D eigenvalue weighted by Crippen LogP contribution is 2.15. The van der Waals surface area contributed by atoms with Crippen LogP contribution in [0.5, 0.6) is 0 Å². The van der Waals surface area contributed by atoms with Crippen molar-refractivity contribution >= 4 is 29.7 Å². The van der Waals surface area contributed by atoms with E-state index in [-0.39, 0.29) is 43.5 Å². The Morgan fingerprint density at radius 1 is 0.814 bits per heavy atom. The van der Waals surface area contributed by atoms with E-state index in [0.29, 0.717) is 84.1 Å². The molecular formula is C28H37N7O8. The molecule has 2 aromatic rings. The van der Waals surface area contributed by atoms with Crippen molar-refractivity contribution in [2.75, 3.05) is 82.2 Å². The molecule has 0 spiro atoms. The molecule has 232 valence electrons. The van der Waals surface area contributed by atoms with Crippen LogP contribution < -0.4 is 15.1 Å². The fourth-order valence-electron chi connectivity index (χ4n) is 3.81. The number of hydrogen-bond donors (Lipinski definition) is 2. The van der Waals surface area contributed by atoms with Gasteiger partial charge >= 0.3 is 11.9 Å². The van der Waals surface area contributed by atoms with Gasteiger partial charge in [0.2, 0.25) is 17.8 Å². The zero-order valence-electron chi connectivity index (χ0n) is 24.0. The van der Waals surface area contributed by atoms with Crippen molar-refractivity contribution in [3.8, 4) is 12.3 Å². The van der Waals surface area contributed by atoms with Gasteiger partial charge in [-0.05, 0) is 6.42 Å². The highest BCUT2D eigenvalue weighted by molar-refractivity contribution is 5.86. The standard InChI is InChI=1S/C28H37N7O8/c1-2-10-43-25(37)4-3-11-40-13-15-42-16-14-41-12-5-24(36)29-17-22-18-30-27(31-19-22)34-6-8-35(9-7-34)28-32-20-23(21-33-28)26(38)39/h1,18-21H,3-17H2,(H,29,36)(H,38,39). The molecule has 2 N–H and O–H groups in total. The Balaban J connectivity index is 1.18. The lowest BCUT2D eigenvalue weighted by Crippen LogP contribution is -2.47. The van der Waals surface area contributed by atoms with Gasteiger partial charge in [-0.3, -0.25) is 9.59 Å². The molecule has 3 heterocycles. The first-order chi connectivity index (χ1) is 21.0. The monoisotopic (exact) mass is 599 g/mol. The molecule has 0 unspecified atom stereocenters. The van der Waals surface area contributed by atoms with Gasteiger partial charge in [-0.1, -0.05) is 5.92 Å². The highest BCUT2D eigenvalue weighted by atomic mass is 16.5. The summed E-state index contributed by atoms with van der Waals surface area (Å²) in [5.74, 6) is 1.78. The maximum absolute atomic E-state index is 12.1. The average Bonchev–Trinajstić information content (AvgIpc) is 3.03. The molecule has 1 aliphatic rings. The number of carboxylic acid groups (broad SMARTS) is 1. The Morgan fingerprint density at radius 3 is 1.91 bits per heavy atom. The van der Waals surface area contributed by atoms with Crippen LogP contribution in [0, 0.1) is 12.3 Å². The average molecular weight is 600 g/mol. The number of aromatic nitrogens is 4. The molecule has 43 heavy (non-hydrogen) atoms.